The van der Waals surface area contributed by atoms with E-state index in [4.69, 9.17) is 0 Å². The van der Waals surface area contributed by atoms with Crippen LogP contribution >= 0.6 is 0 Å². The van der Waals surface area contributed by atoms with Gasteiger partial charge in [-0.2, -0.15) is 0 Å². The molecule has 4 rings (SSSR count). The molecular weight excluding hydrogens is 192 g/mol. The van der Waals surface area contributed by atoms with E-state index in [1.54, 1.807) is 38.5 Å². The highest BCUT2D eigenvalue weighted by atomic mass is 14.7. The molecule has 0 heteroatoms. The first-order valence-corrected chi connectivity index (χ1v) is 7.77. The highest BCUT2D eigenvalue weighted by Gasteiger charge is 2.62. The summed E-state index contributed by atoms with van der Waals surface area (Å²) in [4.78, 5) is 0. The molecule has 0 aromatic carbocycles. The fourth-order valence-electron chi connectivity index (χ4n) is 6.87. The molecule has 0 heterocycles. The van der Waals surface area contributed by atoms with Gasteiger partial charge in [-0.3, -0.25) is 0 Å². The van der Waals surface area contributed by atoms with E-state index in [2.05, 4.69) is 13.8 Å². The number of hydrogen-bond acceptors (Lipinski definition) is 0. The summed E-state index contributed by atoms with van der Waals surface area (Å²) in [5.41, 5.74) is 0. The lowest BCUT2D eigenvalue weighted by Gasteiger charge is -2.43. The Labute approximate surface area is 100 Å². The highest BCUT2D eigenvalue weighted by Crippen LogP contribution is 2.68. The van der Waals surface area contributed by atoms with Crippen LogP contribution in [-0.4, -0.2) is 0 Å². The third-order valence-corrected chi connectivity index (χ3v) is 7.01. The Morgan fingerprint density at radius 3 is 1.62 bits per heavy atom. The molecule has 0 N–H and O–H groups in total. The molecule has 4 fully saturated rings. The van der Waals surface area contributed by atoms with Crippen LogP contribution in [0.3, 0.4) is 0 Å². The van der Waals surface area contributed by atoms with Gasteiger partial charge in [0.25, 0.3) is 0 Å². The first-order chi connectivity index (χ1) is 7.77. The SMILES string of the molecule is CC1CC(C)C2C3CC(C4CCCCC43)C12. The molecule has 0 saturated heterocycles. The molecule has 0 spiro atoms. The maximum Gasteiger partial charge on any atom is -0.0323 e. The number of rotatable bonds is 0. The number of fused-ring (bicyclic) bond motifs is 8. The van der Waals surface area contributed by atoms with Crippen molar-refractivity contribution in [3.05, 3.63) is 0 Å². The molecule has 16 heavy (non-hydrogen) atoms. The second-order valence-electron chi connectivity index (χ2n) is 7.52. The average molecular weight is 218 g/mol. The molecule has 0 aromatic rings. The summed E-state index contributed by atoms with van der Waals surface area (Å²) in [7, 11) is 0. The summed E-state index contributed by atoms with van der Waals surface area (Å²) < 4.78 is 0. The molecule has 4 aliphatic carbocycles. The quantitative estimate of drug-likeness (QED) is 0.567. The molecule has 0 aliphatic heterocycles. The van der Waals surface area contributed by atoms with Gasteiger partial charge in [-0.1, -0.05) is 26.7 Å². The molecule has 90 valence electrons. The normalized spacial score (nSPS) is 63.4. The van der Waals surface area contributed by atoms with Crippen LogP contribution in [0.2, 0.25) is 0 Å². The Morgan fingerprint density at radius 2 is 1.12 bits per heavy atom. The van der Waals surface area contributed by atoms with Crippen LogP contribution in [0.15, 0.2) is 0 Å². The van der Waals surface area contributed by atoms with Gasteiger partial charge in [0.1, 0.15) is 0 Å². The zero-order valence-electron chi connectivity index (χ0n) is 10.9. The van der Waals surface area contributed by atoms with E-state index in [-0.39, 0.29) is 0 Å². The molecule has 4 saturated carbocycles. The van der Waals surface area contributed by atoms with Gasteiger partial charge in [-0.05, 0) is 73.0 Å². The minimum Gasteiger partial charge on any atom is -0.0622 e. The molecule has 8 atom stereocenters. The van der Waals surface area contributed by atoms with Crippen molar-refractivity contribution in [1.82, 2.24) is 0 Å². The minimum absolute atomic E-state index is 1.05. The maximum atomic E-state index is 2.56. The highest BCUT2D eigenvalue weighted by molar-refractivity contribution is 5.10. The Balaban J connectivity index is 1.68. The van der Waals surface area contributed by atoms with Gasteiger partial charge in [0.15, 0.2) is 0 Å². The molecule has 0 aromatic heterocycles. The van der Waals surface area contributed by atoms with Gasteiger partial charge in [-0.15, -0.1) is 0 Å². The van der Waals surface area contributed by atoms with Crippen LogP contribution in [0, 0.1) is 47.3 Å². The summed E-state index contributed by atoms with van der Waals surface area (Å²) in [5.74, 6) is 9.09. The molecule has 0 nitrogen and oxygen atoms in total. The molecule has 0 amide bonds. The summed E-state index contributed by atoms with van der Waals surface area (Å²) >= 11 is 0. The minimum atomic E-state index is 1.05. The van der Waals surface area contributed by atoms with Gasteiger partial charge < -0.3 is 0 Å². The second kappa shape index (κ2) is 3.27. The van der Waals surface area contributed by atoms with Crippen molar-refractivity contribution in [1.29, 1.82) is 0 Å². The Kier molecular flexibility index (Phi) is 2.04. The van der Waals surface area contributed by atoms with Gasteiger partial charge in [-0.25, -0.2) is 0 Å². The summed E-state index contributed by atoms with van der Waals surface area (Å²) in [6, 6.07) is 0. The monoisotopic (exact) mass is 218 g/mol. The van der Waals surface area contributed by atoms with Gasteiger partial charge >= 0.3 is 0 Å². The fraction of sp³-hybridized carbons (Fsp3) is 1.00. The summed E-state index contributed by atoms with van der Waals surface area (Å²) in [5, 5.41) is 0. The second-order valence-corrected chi connectivity index (χ2v) is 7.52. The molecular formula is C16H26. The number of hydrogen-bond donors (Lipinski definition) is 0. The van der Waals surface area contributed by atoms with Crippen molar-refractivity contribution in [2.45, 2.75) is 52.4 Å². The van der Waals surface area contributed by atoms with Gasteiger partial charge in [0, 0.05) is 0 Å². The Morgan fingerprint density at radius 1 is 0.625 bits per heavy atom. The van der Waals surface area contributed by atoms with E-state index in [0.29, 0.717) is 0 Å². The summed E-state index contributed by atoms with van der Waals surface area (Å²) in [6.45, 7) is 5.11. The van der Waals surface area contributed by atoms with E-state index in [1.807, 2.05) is 0 Å². The van der Waals surface area contributed by atoms with E-state index in [1.165, 1.54) is 23.7 Å². The van der Waals surface area contributed by atoms with E-state index >= 15 is 0 Å². The molecule has 2 bridgehead atoms. The molecule has 8 unspecified atom stereocenters. The molecule has 4 aliphatic rings. The van der Waals surface area contributed by atoms with Crippen molar-refractivity contribution >= 4 is 0 Å². The lowest BCUT2D eigenvalue weighted by atomic mass is 9.62. The first kappa shape index (κ1) is 9.97. The Bertz CT molecular complexity index is 266. The third-order valence-electron chi connectivity index (χ3n) is 7.01. The lowest BCUT2D eigenvalue weighted by Crippen LogP contribution is -2.37. The van der Waals surface area contributed by atoms with E-state index < -0.39 is 0 Å². The first-order valence-electron chi connectivity index (χ1n) is 7.77. The van der Waals surface area contributed by atoms with Crippen molar-refractivity contribution in [3.63, 3.8) is 0 Å². The van der Waals surface area contributed by atoms with Crippen molar-refractivity contribution in [3.8, 4) is 0 Å². The predicted octanol–water partition coefficient (Wildman–Crippen LogP) is 4.35. The maximum absolute atomic E-state index is 2.56. The van der Waals surface area contributed by atoms with Gasteiger partial charge in [0.05, 0.1) is 0 Å². The summed E-state index contributed by atoms with van der Waals surface area (Å²) in [6.07, 6.45) is 9.46. The van der Waals surface area contributed by atoms with Crippen LogP contribution < -0.4 is 0 Å². The van der Waals surface area contributed by atoms with E-state index in [9.17, 15) is 0 Å². The standard InChI is InChI=1S/C16H26/c1-9-7-10(2)16-14-8-13(15(9)16)11-5-3-4-6-12(11)14/h9-16H,3-8H2,1-2H3. The van der Waals surface area contributed by atoms with E-state index in [0.717, 1.165) is 23.7 Å². The zero-order chi connectivity index (χ0) is 10.9. The van der Waals surface area contributed by atoms with Crippen LogP contribution in [0.5, 0.6) is 0 Å². The van der Waals surface area contributed by atoms with Crippen molar-refractivity contribution < 1.29 is 0 Å². The van der Waals surface area contributed by atoms with Crippen molar-refractivity contribution in [2.75, 3.05) is 0 Å². The topological polar surface area (TPSA) is 0 Å². The van der Waals surface area contributed by atoms with Crippen molar-refractivity contribution in [2.24, 2.45) is 47.3 Å². The largest absolute Gasteiger partial charge is 0.0622 e. The molecule has 0 radical (unpaired) electrons. The predicted molar refractivity (Wildman–Crippen MR) is 67.0 cm³/mol. The Hall–Kier alpha value is 0. The zero-order valence-corrected chi connectivity index (χ0v) is 10.9. The average Bonchev–Trinajstić information content (AvgIpc) is 2.91. The fourth-order valence-corrected chi connectivity index (χ4v) is 6.87. The lowest BCUT2D eigenvalue weighted by molar-refractivity contribution is 0.0549. The smallest absolute Gasteiger partial charge is 0.0323 e. The third kappa shape index (κ3) is 1.07. The van der Waals surface area contributed by atoms with Crippen LogP contribution in [-0.2, 0) is 0 Å². The van der Waals surface area contributed by atoms with Gasteiger partial charge in [0.2, 0.25) is 0 Å². The van der Waals surface area contributed by atoms with Crippen LogP contribution in [0.25, 0.3) is 0 Å². The van der Waals surface area contributed by atoms with Crippen LogP contribution in [0.1, 0.15) is 52.4 Å². The van der Waals surface area contributed by atoms with Crippen LogP contribution in [0.4, 0.5) is 0 Å².